The number of ether oxygens (including phenoxy) is 5. The Morgan fingerprint density at radius 3 is 2.30 bits per heavy atom. The Bertz CT molecular complexity index is 1400. The second-order valence-electron chi connectivity index (χ2n) is 10.2. The van der Waals surface area contributed by atoms with Crippen LogP contribution in [0.1, 0.15) is 24.0 Å². The monoisotopic (exact) mass is 626 g/mol. The van der Waals surface area contributed by atoms with Gasteiger partial charge in [0, 0.05) is 24.1 Å². The highest BCUT2D eigenvalue weighted by atomic mass is 32.2. The van der Waals surface area contributed by atoms with Crippen molar-refractivity contribution in [3.8, 4) is 28.7 Å². The minimum Gasteiger partial charge on any atom is -0.497 e. The first kappa shape index (κ1) is 32.7. The van der Waals surface area contributed by atoms with Gasteiger partial charge in [-0.2, -0.15) is 0 Å². The average molecular weight is 627 g/mol. The molecule has 0 bridgehead atoms. The first-order valence-electron chi connectivity index (χ1n) is 14.2. The SMILES string of the molecule is COc1ccc(OCCCN(C)CCCc2ccc(OC)c(OC)c2OC)c(C2(SC)Sc3ccccc3N(C)C2=O)c1. The Morgan fingerprint density at radius 1 is 0.884 bits per heavy atom. The topological polar surface area (TPSA) is 69.7 Å². The van der Waals surface area contributed by atoms with Gasteiger partial charge < -0.3 is 33.5 Å². The number of fused-ring (bicyclic) bond motifs is 1. The molecule has 0 saturated carbocycles. The minimum atomic E-state index is -0.894. The first-order chi connectivity index (χ1) is 20.8. The van der Waals surface area contributed by atoms with Crippen LogP contribution in [0.5, 0.6) is 28.7 Å². The summed E-state index contributed by atoms with van der Waals surface area (Å²) in [6.45, 7) is 2.34. The number of thioether (sulfide) groups is 2. The molecule has 0 aromatic heterocycles. The van der Waals surface area contributed by atoms with Gasteiger partial charge in [-0.1, -0.05) is 30.0 Å². The van der Waals surface area contributed by atoms with Crippen LogP contribution in [0.4, 0.5) is 5.69 Å². The molecule has 0 fully saturated rings. The number of hydrogen-bond acceptors (Lipinski definition) is 9. The lowest BCUT2D eigenvalue weighted by molar-refractivity contribution is -0.118. The zero-order chi connectivity index (χ0) is 31.0. The molecule has 1 unspecified atom stereocenters. The summed E-state index contributed by atoms with van der Waals surface area (Å²) >= 11 is 3.08. The van der Waals surface area contributed by atoms with Crippen LogP contribution in [0, 0.1) is 0 Å². The summed E-state index contributed by atoms with van der Waals surface area (Å²) in [5, 5.41) is 0. The number of rotatable bonds is 15. The van der Waals surface area contributed by atoms with E-state index in [4.69, 9.17) is 23.7 Å². The number of amides is 1. The largest absolute Gasteiger partial charge is 0.497 e. The lowest BCUT2D eigenvalue weighted by Crippen LogP contribution is -2.44. The number of methoxy groups -OCH3 is 4. The zero-order valence-electron chi connectivity index (χ0n) is 26.1. The van der Waals surface area contributed by atoms with Crippen LogP contribution in [0.2, 0.25) is 0 Å². The van der Waals surface area contributed by atoms with Crippen molar-refractivity contribution in [1.82, 2.24) is 4.90 Å². The molecule has 1 amide bonds. The maximum absolute atomic E-state index is 13.9. The molecule has 3 aromatic carbocycles. The lowest BCUT2D eigenvalue weighted by atomic mass is 10.1. The molecule has 43 heavy (non-hydrogen) atoms. The number of carbonyl (C=O) groups excluding carboxylic acids is 1. The van der Waals surface area contributed by atoms with Crippen molar-refractivity contribution >= 4 is 35.1 Å². The molecule has 1 aliphatic rings. The molecule has 0 spiro atoms. The summed E-state index contributed by atoms with van der Waals surface area (Å²) < 4.78 is 27.6. The lowest BCUT2D eigenvalue weighted by Gasteiger charge is -2.40. The van der Waals surface area contributed by atoms with Gasteiger partial charge in [-0.05, 0) is 81.1 Å². The Labute approximate surface area is 264 Å². The van der Waals surface area contributed by atoms with E-state index in [1.807, 2.05) is 61.8 Å². The number of carbonyl (C=O) groups is 1. The van der Waals surface area contributed by atoms with Gasteiger partial charge >= 0.3 is 0 Å². The van der Waals surface area contributed by atoms with Crippen molar-refractivity contribution in [3.05, 3.63) is 65.7 Å². The molecule has 0 saturated heterocycles. The van der Waals surface area contributed by atoms with E-state index in [9.17, 15) is 4.79 Å². The molecular weight excluding hydrogens is 585 g/mol. The highest BCUT2D eigenvalue weighted by molar-refractivity contribution is 8.18. The smallest absolute Gasteiger partial charge is 0.258 e. The maximum atomic E-state index is 13.9. The van der Waals surface area contributed by atoms with Crippen LogP contribution in [0.3, 0.4) is 0 Å². The summed E-state index contributed by atoms with van der Waals surface area (Å²) in [5.74, 6) is 3.40. The van der Waals surface area contributed by atoms with Crippen molar-refractivity contribution in [2.45, 2.75) is 28.2 Å². The van der Waals surface area contributed by atoms with Gasteiger partial charge in [0.05, 0.1) is 40.7 Å². The minimum absolute atomic E-state index is 0.00708. The van der Waals surface area contributed by atoms with Gasteiger partial charge in [0.15, 0.2) is 15.6 Å². The summed E-state index contributed by atoms with van der Waals surface area (Å²) in [6, 6.07) is 17.7. The third-order valence-electron chi connectivity index (χ3n) is 7.61. The van der Waals surface area contributed by atoms with Crippen LogP contribution in [-0.4, -0.2) is 79.3 Å². The number of likely N-dealkylation sites (N-methyl/N-ethyl adjacent to an activating group) is 1. The van der Waals surface area contributed by atoms with Crippen molar-refractivity contribution in [1.29, 1.82) is 0 Å². The third kappa shape index (κ3) is 6.97. The molecule has 0 radical (unpaired) electrons. The Morgan fingerprint density at radius 2 is 1.60 bits per heavy atom. The molecule has 10 heteroatoms. The maximum Gasteiger partial charge on any atom is 0.258 e. The highest BCUT2D eigenvalue weighted by Crippen LogP contribution is 2.58. The van der Waals surface area contributed by atoms with Crippen molar-refractivity contribution in [2.24, 2.45) is 0 Å². The normalized spacial score (nSPS) is 16.2. The number of aryl methyl sites for hydroxylation is 1. The van der Waals surface area contributed by atoms with E-state index < -0.39 is 4.08 Å². The molecule has 1 heterocycles. The van der Waals surface area contributed by atoms with Gasteiger partial charge in [0.25, 0.3) is 5.91 Å². The zero-order valence-corrected chi connectivity index (χ0v) is 27.7. The van der Waals surface area contributed by atoms with Gasteiger partial charge in [-0.25, -0.2) is 0 Å². The summed E-state index contributed by atoms with van der Waals surface area (Å²) in [7, 11) is 10.5. The number of anilines is 1. The molecule has 8 nitrogen and oxygen atoms in total. The second-order valence-corrected chi connectivity index (χ2v) is 12.8. The molecule has 1 aliphatic heterocycles. The molecule has 232 valence electrons. The van der Waals surface area contributed by atoms with Crippen molar-refractivity contribution in [2.75, 3.05) is 73.4 Å². The van der Waals surface area contributed by atoms with E-state index in [1.165, 1.54) is 11.8 Å². The van der Waals surface area contributed by atoms with E-state index in [-0.39, 0.29) is 5.91 Å². The van der Waals surface area contributed by atoms with Crippen LogP contribution in [-0.2, 0) is 15.3 Å². The number of nitrogens with zero attached hydrogens (tertiary/aromatic N) is 2. The Kier molecular flexibility index (Phi) is 11.4. The van der Waals surface area contributed by atoms with Gasteiger partial charge in [0.1, 0.15) is 11.5 Å². The van der Waals surface area contributed by atoms with Gasteiger partial charge in [0.2, 0.25) is 5.75 Å². The molecule has 0 N–H and O–H groups in total. The van der Waals surface area contributed by atoms with Crippen LogP contribution in [0.15, 0.2) is 59.5 Å². The summed E-state index contributed by atoms with van der Waals surface area (Å²) in [6.07, 6.45) is 4.65. The predicted molar refractivity (Wildman–Crippen MR) is 176 cm³/mol. The Balaban J connectivity index is 1.38. The van der Waals surface area contributed by atoms with E-state index in [2.05, 4.69) is 18.0 Å². The Hall–Kier alpha value is -3.21. The van der Waals surface area contributed by atoms with Gasteiger partial charge in [-0.3, -0.25) is 4.79 Å². The summed E-state index contributed by atoms with van der Waals surface area (Å²) in [5.41, 5.74) is 2.82. The predicted octanol–water partition coefficient (Wildman–Crippen LogP) is 6.34. The quantitative estimate of drug-likeness (QED) is 0.180. The fourth-order valence-corrected chi connectivity index (χ4v) is 7.86. The molecular formula is C33H42N2O6S2. The second kappa shape index (κ2) is 15.0. The van der Waals surface area contributed by atoms with Crippen LogP contribution < -0.4 is 28.6 Å². The van der Waals surface area contributed by atoms with E-state index in [0.29, 0.717) is 29.6 Å². The molecule has 3 aromatic rings. The molecule has 0 aliphatic carbocycles. The highest BCUT2D eigenvalue weighted by Gasteiger charge is 2.49. The average Bonchev–Trinajstić information content (AvgIpc) is 3.04. The number of hydrogen-bond donors (Lipinski definition) is 0. The van der Waals surface area contributed by atoms with E-state index in [0.717, 1.165) is 59.8 Å². The fraction of sp³-hybridized carbons (Fsp3) is 0.424. The summed E-state index contributed by atoms with van der Waals surface area (Å²) in [4.78, 5) is 19.0. The molecule has 4 rings (SSSR count). The van der Waals surface area contributed by atoms with Crippen molar-refractivity contribution in [3.63, 3.8) is 0 Å². The molecule has 1 atom stereocenters. The number of benzene rings is 3. The standard InChI is InChI=1S/C33H42N2O6S2/c1-34(19-10-12-23-15-17-28(38-4)31(40-6)30(23)39-5)20-11-21-41-27-18-16-24(37-3)22-25(27)33(42-7)32(36)35(2)26-13-8-9-14-29(26)43-33/h8-9,13-18,22H,10-12,19-21H2,1-7H3. The van der Waals surface area contributed by atoms with E-state index >= 15 is 0 Å². The van der Waals surface area contributed by atoms with Crippen molar-refractivity contribution < 1.29 is 28.5 Å². The van der Waals surface area contributed by atoms with Crippen LogP contribution >= 0.6 is 23.5 Å². The van der Waals surface area contributed by atoms with Crippen LogP contribution in [0.25, 0.3) is 0 Å². The first-order valence-corrected chi connectivity index (χ1v) is 16.3. The fourth-order valence-electron chi connectivity index (χ4n) is 5.31. The third-order valence-corrected chi connectivity index (χ3v) is 10.6. The van der Waals surface area contributed by atoms with Gasteiger partial charge in [-0.15, -0.1) is 11.8 Å². The van der Waals surface area contributed by atoms with E-state index in [1.54, 1.807) is 45.1 Å². The number of para-hydroxylation sites is 1.